The van der Waals surface area contributed by atoms with Gasteiger partial charge in [0.2, 0.25) is 5.91 Å². The van der Waals surface area contributed by atoms with Gasteiger partial charge in [-0.2, -0.15) is 4.98 Å². The van der Waals surface area contributed by atoms with Crippen molar-refractivity contribution in [3.05, 3.63) is 24.3 Å². The zero-order chi connectivity index (χ0) is 16.4. The van der Waals surface area contributed by atoms with Gasteiger partial charge in [-0.25, -0.2) is 0 Å². The molecule has 140 valence electrons. The fourth-order valence-electron chi connectivity index (χ4n) is 2.81. The molecular formula is C17H26Cl2N4O2. The van der Waals surface area contributed by atoms with Gasteiger partial charge in [-0.15, -0.1) is 24.8 Å². The molecule has 0 bridgehead atoms. The number of hydrogen-bond acceptors (Lipinski definition) is 5. The van der Waals surface area contributed by atoms with Gasteiger partial charge in [-0.1, -0.05) is 12.1 Å². The van der Waals surface area contributed by atoms with Crippen molar-refractivity contribution in [1.82, 2.24) is 10.3 Å². The molecule has 1 aromatic heterocycles. The second-order valence-corrected chi connectivity index (χ2v) is 6.80. The predicted molar refractivity (Wildman–Crippen MR) is 105 cm³/mol. The Bertz CT molecular complexity index is 664. The summed E-state index contributed by atoms with van der Waals surface area (Å²) in [5.74, 6) is 0.124. The summed E-state index contributed by atoms with van der Waals surface area (Å²) >= 11 is 0. The lowest BCUT2D eigenvalue weighted by molar-refractivity contribution is -0.127. The minimum Gasteiger partial charge on any atom is -0.423 e. The Morgan fingerprint density at radius 1 is 1.32 bits per heavy atom. The van der Waals surface area contributed by atoms with Crippen molar-refractivity contribution in [2.45, 2.75) is 32.2 Å². The van der Waals surface area contributed by atoms with Crippen LogP contribution in [0.3, 0.4) is 0 Å². The van der Waals surface area contributed by atoms with Gasteiger partial charge in [0.25, 0.3) is 6.01 Å². The number of nitrogens with zero attached hydrogens (tertiary/aromatic N) is 2. The minimum absolute atomic E-state index is 0. The summed E-state index contributed by atoms with van der Waals surface area (Å²) in [5, 5.41) is 3.03. The number of piperidine rings is 1. The molecule has 6 nitrogen and oxygen atoms in total. The maximum absolute atomic E-state index is 12.3. The standard InChI is InChI=1S/C17H24N4O2.2ClH/c1-17(2,11-18)20-15(22)12-7-9-21(10-8-12)16-19-13-5-3-4-6-14(13)23-16;;/h3-6,12H,7-11,18H2,1-2H3,(H,20,22);2*1H. The third-order valence-corrected chi connectivity index (χ3v) is 4.39. The van der Waals surface area contributed by atoms with Crippen molar-refractivity contribution < 1.29 is 9.21 Å². The molecule has 1 saturated heterocycles. The molecule has 25 heavy (non-hydrogen) atoms. The molecule has 0 aliphatic carbocycles. The van der Waals surface area contributed by atoms with Crippen LogP contribution in [0.15, 0.2) is 28.7 Å². The maximum Gasteiger partial charge on any atom is 0.298 e. The van der Waals surface area contributed by atoms with Crippen molar-refractivity contribution in [1.29, 1.82) is 0 Å². The van der Waals surface area contributed by atoms with Crippen LogP contribution in [0.5, 0.6) is 0 Å². The largest absolute Gasteiger partial charge is 0.423 e. The average Bonchev–Trinajstić information content (AvgIpc) is 2.98. The quantitative estimate of drug-likeness (QED) is 0.840. The van der Waals surface area contributed by atoms with Crippen LogP contribution in [-0.2, 0) is 4.79 Å². The second-order valence-electron chi connectivity index (χ2n) is 6.80. The molecule has 0 radical (unpaired) electrons. The Hall–Kier alpha value is -1.50. The molecule has 2 aromatic rings. The number of oxazole rings is 1. The van der Waals surface area contributed by atoms with E-state index in [2.05, 4.69) is 15.2 Å². The highest BCUT2D eigenvalue weighted by atomic mass is 35.5. The Morgan fingerprint density at radius 2 is 1.96 bits per heavy atom. The number of halogens is 2. The van der Waals surface area contributed by atoms with Gasteiger partial charge in [0.05, 0.1) is 0 Å². The maximum atomic E-state index is 12.3. The minimum atomic E-state index is -0.353. The van der Waals surface area contributed by atoms with E-state index in [-0.39, 0.29) is 42.2 Å². The van der Waals surface area contributed by atoms with Crippen molar-refractivity contribution in [3.8, 4) is 0 Å². The number of nitrogens with two attached hydrogens (primary N) is 1. The molecule has 0 spiro atoms. The fourth-order valence-corrected chi connectivity index (χ4v) is 2.81. The van der Waals surface area contributed by atoms with Gasteiger partial charge in [0.1, 0.15) is 5.52 Å². The molecule has 1 fully saturated rings. The Labute approximate surface area is 160 Å². The molecule has 3 rings (SSSR count). The molecule has 0 atom stereocenters. The van der Waals surface area contributed by atoms with Crippen molar-refractivity contribution in [3.63, 3.8) is 0 Å². The highest BCUT2D eigenvalue weighted by Gasteiger charge is 2.29. The first kappa shape index (κ1) is 21.5. The number of aromatic nitrogens is 1. The molecular weight excluding hydrogens is 363 g/mol. The van der Waals surface area contributed by atoms with E-state index in [9.17, 15) is 4.79 Å². The third-order valence-electron chi connectivity index (χ3n) is 4.39. The van der Waals surface area contributed by atoms with Crippen LogP contribution in [0.4, 0.5) is 6.01 Å². The second kappa shape index (κ2) is 8.74. The van der Waals surface area contributed by atoms with Crippen LogP contribution in [0.25, 0.3) is 11.1 Å². The lowest BCUT2D eigenvalue weighted by atomic mass is 9.94. The average molecular weight is 389 g/mol. The number of carbonyl (C=O) groups excluding carboxylic acids is 1. The van der Waals surface area contributed by atoms with E-state index in [1.54, 1.807) is 0 Å². The zero-order valence-corrected chi connectivity index (χ0v) is 16.2. The van der Waals surface area contributed by atoms with Crippen LogP contribution >= 0.6 is 24.8 Å². The van der Waals surface area contributed by atoms with E-state index in [1.165, 1.54) is 0 Å². The van der Waals surface area contributed by atoms with Crippen molar-refractivity contribution in [2.75, 3.05) is 24.5 Å². The molecule has 2 heterocycles. The number of fused-ring (bicyclic) bond motifs is 1. The predicted octanol–water partition coefficient (Wildman–Crippen LogP) is 2.74. The van der Waals surface area contributed by atoms with Gasteiger partial charge in [-0.05, 0) is 38.8 Å². The van der Waals surface area contributed by atoms with E-state index < -0.39 is 0 Å². The molecule has 0 unspecified atom stereocenters. The van der Waals surface area contributed by atoms with E-state index in [0.717, 1.165) is 37.0 Å². The van der Waals surface area contributed by atoms with Crippen LogP contribution in [0.1, 0.15) is 26.7 Å². The Morgan fingerprint density at radius 3 is 2.56 bits per heavy atom. The lowest BCUT2D eigenvalue weighted by Crippen LogP contribution is -2.52. The molecule has 1 aromatic carbocycles. The monoisotopic (exact) mass is 388 g/mol. The zero-order valence-electron chi connectivity index (χ0n) is 14.5. The topological polar surface area (TPSA) is 84.4 Å². The number of carbonyl (C=O) groups is 1. The Kier molecular flexibility index (Phi) is 7.53. The van der Waals surface area contributed by atoms with Gasteiger partial charge in [0, 0.05) is 31.1 Å². The molecule has 0 saturated carbocycles. The Balaban J connectivity index is 0.00000156. The summed E-state index contributed by atoms with van der Waals surface area (Å²) in [5.41, 5.74) is 6.99. The number of rotatable bonds is 4. The summed E-state index contributed by atoms with van der Waals surface area (Å²) in [4.78, 5) is 19.0. The summed E-state index contributed by atoms with van der Waals surface area (Å²) < 4.78 is 5.80. The molecule has 1 amide bonds. The first-order chi connectivity index (χ1) is 11.0. The SMILES string of the molecule is CC(C)(CN)NC(=O)C1CCN(c2nc3ccccc3o2)CC1.Cl.Cl. The summed E-state index contributed by atoms with van der Waals surface area (Å²) in [7, 11) is 0. The van der Waals surface area contributed by atoms with Gasteiger partial charge in [0.15, 0.2) is 5.58 Å². The van der Waals surface area contributed by atoms with Crippen LogP contribution < -0.4 is 16.0 Å². The first-order valence-corrected chi connectivity index (χ1v) is 8.11. The molecule has 1 aliphatic rings. The number of para-hydroxylation sites is 2. The van der Waals surface area contributed by atoms with E-state index >= 15 is 0 Å². The van der Waals surface area contributed by atoms with Crippen LogP contribution in [-0.4, -0.2) is 36.1 Å². The number of amides is 1. The highest BCUT2D eigenvalue weighted by molar-refractivity contribution is 5.85. The molecule has 8 heteroatoms. The third kappa shape index (κ3) is 5.00. The summed E-state index contributed by atoms with van der Waals surface area (Å²) in [6, 6.07) is 8.39. The van der Waals surface area contributed by atoms with Gasteiger partial charge in [-0.3, -0.25) is 4.79 Å². The van der Waals surface area contributed by atoms with E-state index in [1.807, 2.05) is 38.1 Å². The van der Waals surface area contributed by atoms with Crippen molar-refractivity contribution >= 4 is 47.8 Å². The van der Waals surface area contributed by atoms with E-state index in [0.29, 0.717) is 12.6 Å². The number of hydrogen-bond donors (Lipinski definition) is 2. The van der Waals surface area contributed by atoms with Crippen molar-refractivity contribution in [2.24, 2.45) is 11.7 Å². The summed E-state index contributed by atoms with van der Waals surface area (Å²) in [6.45, 7) is 5.86. The molecule has 1 aliphatic heterocycles. The normalized spacial score (nSPS) is 15.4. The lowest BCUT2D eigenvalue weighted by Gasteiger charge is -2.32. The van der Waals surface area contributed by atoms with Gasteiger partial charge >= 0.3 is 0 Å². The first-order valence-electron chi connectivity index (χ1n) is 8.11. The van der Waals surface area contributed by atoms with Crippen LogP contribution in [0.2, 0.25) is 0 Å². The highest BCUT2D eigenvalue weighted by Crippen LogP contribution is 2.26. The molecule has 3 N–H and O–H groups in total. The smallest absolute Gasteiger partial charge is 0.298 e. The van der Waals surface area contributed by atoms with E-state index in [4.69, 9.17) is 10.2 Å². The fraction of sp³-hybridized carbons (Fsp3) is 0.529. The number of anilines is 1. The number of benzene rings is 1. The summed E-state index contributed by atoms with van der Waals surface area (Å²) in [6.07, 6.45) is 1.59. The van der Waals surface area contributed by atoms with Gasteiger partial charge < -0.3 is 20.4 Å². The van der Waals surface area contributed by atoms with Crippen LogP contribution in [0, 0.1) is 5.92 Å². The number of nitrogens with one attached hydrogen (secondary N) is 1.